The molecule has 5 rings (SSSR count). The summed E-state index contributed by atoms with van der Waals surface area (Å²) in [7, 11) is -3.39. The fourth-order valence-electron chi connectivity index (χ4n) is 3.67. The molecule has 4 aromatic rings. The van der Waals surface area contributed by atoms with Crippen LogP contribution in [-0.2, 0) is 45.3 Å². The fourth-order valence-corrected chi connectivity index (χ4v) is 4.15. The number of Topliss-reactive ketones (excluding diaryl/α,β-unsaturated/α-hetero) is 1. The van der Waals surface area contributed by atoms with E-state index in [1.165, 1.54) is 41.8 Å². The summed E-state index contributed by atoms with van der Waals surface area (Å²) in [6.07, 6.45) is 3.91. The molecule has 14 nitrogen and oxygen atoms in total. The standard InChI is InChI=1S/C11H12N2O3.C7H8O3S.C6H8O3.C5H6N2O.I3.5HI.2V/c1-7-8(4-6-14)11(16)13-5-2-3-9(15)10(13)12-7;1-6-2-4-7(5-3-6)11(8,9)10;1-4(7)5-2-3-9-6(5)8;6-5-4(8)2-1-3-7-5;1-3-2;;;;;;;/h2-3,5,14-15H,4,6H2,1H3;2-5H,1H3,(H,8,9,10);5H,2-3H2,1H3;1-3,8H,(H2,6,7);;5*1H;;/q;;;;-1;;;;;;+2;+3/p-5. The van der Waals surface area contributed by atoms with Gasteiger partial charge in [0.05, 0.1) is 11.5 Å². The van der Waals surface area contributed by atoms with Crippen LogP contribution in [0.4, 0.5) is 5.82 Å². The van der Waals surface area contributed by atoms with Crippen LogP contribution in [-0.4, -0.2) is 67.6 Å². The number of hydrogen-bond donors (Lipinski definition) is 5. The van der Waals surface area contributed by atoms with Gasteiger partial charge in [-0.25, -0.2) is 9.97 Å². The molecular formula is C29H34I8N4O10SV2-. The Bertz CT molecular complexity index is 1860. The number of pyridine rings is 2. The number of carbonyl (C=O) groups is 2. The van der Waals surface area contributed by atoms with Crippen molar-refractivity contribution in [2.75, 3.05) is 18.9 Å². The number of aryl methyl sites for hydroxylation is 2. The molecule has 54 heavy (non-hydrogen) atoms. The van der Waals surface area contributed by atoms with E-state index in [1.54, 1.807) is 37.4 Å². The molecule has 1 saturated heterocycles. The van der Waals surface area contributed by atoms with Gasteiger partial charge in [0.25, 0.3) is 15.7 Å². The number of aliphatic hydroxyl groups is 1. The van der Waals surface area contributed by atoms with Gasteiger partial charge in [0.2, 0.25) is 0 Å². The van der Waals surface area contributed by atoms with Crippen LogP contribution in [0, 0.1) is 19.8 Å². The Labute approximate surface area is 410 Å². The molecule has 0 radical (unpaired) electrons. The van der Waals surface area contributed by atoms with Crippen LogP contribution < -0.4 is 24.5 Å². The summed E-state index contributed by atoms with van der Waals surface area (Å²) in [4.78, 5) is 40.5. The molecule has 1 aliphatic rings. The first-order chi connectivity index (χ1) is 25.2. The van der Waals surface area contributed by atoms with E-state index in [-0.39, 0.29) is 63.1 Å². The second-order valence-electron chi connectivity index (χ2n) is 9.67. The molecule has 4 heterocycles. The van der Waals surface area contributed by atoms with Crippen LogP contribution in [0.2, 0.25) is 0 Å². The second kappa shape index (κ2) is 33.8. The number of ketones is 1. The van der Waals surface area contributed by atoms with Gasteiger partial charge in [-0.2, -0.15) is 8.42 Å². The number of aromatic hydroxyl groups is 2. The Kier molecular flexibility index (Phi) is 36.5. The molecule has 3 aromatic heterocycles. The molecule has 0 bridgehead atoms. The van der Waals surface area contributed by atoms with Crippen LogP contribution >= 0.6 is 137 Å². The van der Waals surface area contributed by atoms with E-state index < -0.39 is 16.0 Å². The Hall–Kier alpha value is 2.15. The quantitative estimate of drug-likeness (QED) is 0.0768. The maximum absolute atomic E-state index is 12.0. The number of aromatic nitrogens is 3. The molecule has 1 unspecified atom stereocenters. The zero-order valence-electron chi connectivity index (χ0n) is 28.2. The number of nitrogens with two attached hydrogens (primary N) is 1. The molecule has 6 N–H and O–H groups in total. The predicted octanol–water partition coefficient (Wildman–Crippen LogP) is 5.19. The van der Waals surface area contributed by atoms with E-state index >= 15 is 0 Å². The number of rotatable bonds is 4. The van der Waals surface area contributed by atoms with Crippen LogP contribution in [0.3, 0.4) is 0 Å². The van der Waals surface area contributed by atoms with Gasteiger partial charge in [-0.15, -0.1) is 0 Å². The van der Waals surface area contributed by atoms with Gasteiger partial charge in [0.1, 0.15) is 11.7 Å². The zero-order chi connectivity index (χ0) is 42.0. The summed E-state index contributed by atoms with van der Waals surface area (Å²) >= 11 is 17.4. The van der Waals surface area contributed by atoms with Gasteiger partial charge >= 0.3 is 171 Å². The Morgan fingerprint density at radius 2 is 1.57 bits per heavy atom. The number of cyclic esters (lactones) is 1. The third-order valence-electron chi connectivity index (χ3n) is 6.06. The first kappa shape index (κ1) is 58.2. The number of anilines is 1. The third kappa shape index (κ3) is 26.4. The van der Waals surface area contributed by atoms with E-state index in [4.69, 9.17) is 20.5 Å². The fraction of sp³-hybridized carbons (Fsp3) is 0.276. The van der Waals surface area contributed by atoms with E-state index in [0.29, 0.717) is 47.0 Å². The van der Waals surface area contributed by atoms with Gasteiger partial charge in [-0.1, -0.05) is 17.7 Å². The number of halogens is 8. The van der Waals surface area contributed by atoms with E-state index in [0.717, 1.165) is 5.56 Å². The molecule has 25 heteroatoms. The minimum absolute atomic E-state index is 0.0294. The molecule has 1 atom stereocenters. The van der Waals surface area contributed by atoms with Crippen molar-refractivity contribution in [3.63, 3.8) is 0 Å². The molecule has 1 fully saturated rings. The van der Waals surface area contributed by atoms with Crippen LogP contribution in [0.5, 0.6) is 11.5 Å². The summed E-state index contributed by atoms with van der Waals surface area (Å²) in [6.45, 7) is 5.26. The van der Waals surface area contributed by atoms with E-state index in [1.807, 2.05) is 6.92 Å². The van der Waals surface area contributed by atoms with Crippen molar-refractivity contribution in [1.29, 1.82) is 0 Å². The average Bonchev–Trinajstić information content (AvgIpc) is 3.52. The van der Waals surface area contributed by atoms with Crippen molar-refractivity contribution in [3.8, 4) is 11.5 Å². The Morgan fingerprint density at radius 3 is 1.94 bits per heavy atom. The van der Waals surface area contributed by atoms with Crippen molar-refractivity contribution in [1.82, 2.24) is 14.4 Å². The number of esters is 1. The normalized spacial score (nSPS) is 12.5. The van der Waals surface area contributed by atoms with E-state index in [2.05, 4.69) is 152 Å². The third-order valence-corrected chi connectivity index (χ3v) is 6.92. The number of carbonyl (C=O) groups excluding carboxylic acids is 2. The number of nitrogen functional groups attached to an aromatic ring is 1. The molecule has 303 valence electrons. The van der Waals surface area contributed by atoms with Gasteiger partial charge in [-0.05, 0) is 57.2 Å². The number of hydrogen-bond acceptors (Lipinski definition) is 12. The minimum atomic E-state index is -4.02. The van der Waals surface area contributed by atoms with Gasteiger partial charge in [0.15, 0.2) is 23.0 Å². The van der Waals surface area contributed by atoms with Crippen molar-refractivity contribution >= 4 is 170 Å². The van der Waals surface area contributed by atoms with Crippen LogP contribution in [0.15, 0.2) is 70.6 Å². The molecule has 1 aromatic carbocycles. The molecule has 0 amide bonds. The van der Waals surface area contributed by atoms with Crippen molar-refractivity contribution in [2.45, 2.75) is 38.5 Å². The van der Waals surface area contributed by atoms with Gasteiger partial charge in [0, 0.05) is 43.1 Å². The monoisotopic (exact) mass is 1750 g/mol. The molecule has 0 spiro atoms. The summed E-state index contributed by atoms with van der Waals surface area (Å²) in [5.74, 6) is -0.733. The molecular weight excluding hydrogens is 1710 g/mol. The molecule has 0 aliphatic carbocycles. The number of nitrogens with zero attached hydrogens (tertiary/aromatic N) is 3. The summed E-state index contributed by atoms with van der Waals surface area (Å²) in [6, 6.07) is 12.1. The number of aliphatic hydroxyl groups excluding tert-OH is 1. The number of fused-ring (bicyclic) bond motifs is 1. The van der Waals surface area contributed by atoms with Gasteiger partial charge in [-0.3, -0.25) is 23.3 Å². The summed E-state index contributed by atoms with van der Waals surface area (Å²) < 4.78 is 35.4. The summed E-state index contributed by atoms with van der Waals surface area (Å²) in [5.41, 5.74) is 7.13. The van der Waals surface area contributed by atoms with Crippen molar-refractivity contribution in [3.05, 3.63) is 88.1 Å². The summed E-state index contributed by atoms with van der Waals surface area (Å²) in [5, 5.41) is 27.2. The topological polar surface area (TPSA) is 232 Å². The Morgan fingerprint density at radius 1 is 1.06 bits per heavy atom. The molecule has 1 aliphatic heterocycles. The SMILES string of the molecule is CC(=O)C1CCOC1=O.Cc1ccc(S(=O)(=O)O)cc1.Cc1nc2c(O)cccn2c(=O)c1CCO.I[I-]I.Nc1ncccc1O.[I][V]([I])[I].[I][V][I]. The van der Waals surface area contributed by atoms with Crippen molar-refractivity contribution in [2.24, 2.45) is 5.92 Å². The number of ether oxygens (including phenoxy) is 1. The van der Waals surface area contributed by atoms with Crippen LogP contribution in [0.1, 0.15) is 30.2 Å². The van der Waals surface area contributed by atoms with Crippen molar-refractivity contribution < 1.29 is 70.3 Å². The first-order valence-electron chi connectivity index (χ1n) is 14.2. The number of benzene rings is 1. The average molecular weight is 1750 g/mol. The molecule has 0 saturated carbocycles. The maximum atomic E-state index is 12.0. The van der Waals surface area contributed by atoms with E-state index in [9.17, 15) is 27.9 Å². The zero-order valence-corrected chi connectivity index (χ0v) is 49.0. The van der Waals surface area contributed by atoms with Gasteiger partial charge < -0.3 is 25.8 Å². The Balaban J connectivity index is 0. The van der Waals surface area contributed by atoms with Crippen LogP contribution in [0.25, 0.3) is 5.65 Å². The second-order valence-corrected chi connectivity index (χ2v) is 74.5. The first-order valence-corrected chi connectivity index (χ1v) is 50.8. The predicted molar refractivity (Wildman–Crippen MR) is 258 cm³/mol.